The summed E-state index contributed by atoms with van der Waals surface area (Å²) < 4.78 is 19.5. The van der Waals surface area contributed by atoms with Crippen LogP contribution in [0.3, 0.4) is 0 Å². The van der Waals surface area contributed by atoms with Gasteiger partial charge in [-0.3, -0.25) is 4.79 Å². The van der Waals surface area contributed by atoms with Crippen LogP contribution >= 0.6 is 11.6 Å². The summed E-state index contributed by atoms with van der Waals surface area (Å²) in [6, 6.07) is 14.0. The third kappa shape index (κ3) is 6.15. The number of halogens is 2. The highest BCUT2D eigenvalue weighted by Crippen LogP contribution is 2.22. The SMILES string of the molecule is Cc1ccc(Cn2nc(C)c(C(=O)OCC(=O)NCCc3ccc(F)cc3)c2Cl)cc1. The molecule has 8 heteroatoms. The van der Waals surface area contributed by atoms with Gasteiger partial charge in [0.25, 0.3) is 5.91 Å². The smallest absolute Gasteiger partial charge is 0.343 e. The molecule has 0 aliphatic heterocycles. The minimum absolute atomic E-state index is 0.146. The number of aryl methyl sites for hydroxylation is 2. The number of ether oxygens (including phenoxy) is 1. The molecule has 0 aliphatic carbocycles. The number of rotatable bonds is 8. The molecule has 0 radical (unpaired) electrons. The number of esters is 1. The van der Waals surface area contributed by atoms with E-state index in [-0.39, 0.29) is 16.5 Å². The van der Waals surface area contributed by atoms with Crippen molar-refractivity contribution in [1.82, 2.24) is 15.1 Å². The maximum atomic E-state index is 12.9. The molecule has 0 bridgehead atoms. The van der Waals surface area contributed by atoms with Gasteiger partial charge in [0.1, 0.15) is 16.5 Å². The number of hydrogen-bond donors (Lipinski definition) is 1. The van der Waals surface area contributed by atoms with E-state index in [1.807, 2.05) is 31.2 Å². The quantitative estimate of drug-likeness (QED) is 0.536. The Balaban J connectivity index is 1.51. The maximum absolute atomic E-state index is 12.9. The normalized spacial score (nSPS) is 10.7. The second-order valence-electron chi connectivity index (χ2n) is 7.20. The molecule has 1 aromatic heterocycles. The molecule has 0 aliphatic rings. The highest BCUT2D eigenvalue weighted by molar-refractivity contribution is 6.32. The summed E-state index contributed by atoms with van der Waals surface area (Å²) in [7, 11) is 0. The zero-order chi connectivity index (χ0) is 22.4. The van der Waals surface area contributed by atoms with Crippen molar-refractivity contribution in [1.29, 1.82) is 0 Å². The van der Waals surface area contributed by atoms with Crippen molar-refractivity contribution in [2.75, 3.05) is 13.2 Å². The lowest BCUT2D eigenvalue weighted by molar-refractivity contribution is -0.124. The molecule has 1 amide bonds. The van der Waals surface area contributed by atoms with Gasteiger partial charge in [-0.2, -0.15) is 5.10 Å². The molecule has 0 atom stereocenters. The molecule has 2 aromatic carbocycles. The topological polar surface area (TPSA) is 73.2 Å². The highest BCUT2D eigenvalue weighted by Gasteiger charge is 2.22. The van der Waals surface area contributed by atoms with Crippen molar-refractivity contribution in [2.45, 2.75) is 26.8 Å². The highest BCUT2D eigenvalue weighted by atomic mass is 35.5. The molecule has 0 fully saturated rings. The summed E-state index contributed by atoms with van der Waals surface area (Å²) in [6.07, 6.45) is 0.538. The molecule has 162 valence electrons. The predicted molar refractivity (Wildman–Crippen MR) is 116 cm³/mol. The van der Waals surface area contributed by atoms with Crippen LogP contribution in [0.2, 0.25) is 5.15 Å². The molecule has 31 heavy (non-hydrogen) atoms. The fourth-order valence-electron chi connectivity index (χ4n) is 3.01. The zero-order valence-corrected chi connectivity index (χ0v) is 18.1. The van der Waals surface area contributed by atoms with Gasteiger partial charge in [0, 0.05) is 6.54 Å². The average molecular weight is 444 g/mol. The lowest BCUT2D eigenvalue weighted by Crippen LogP contribution is -2.30. The van der Waals surface area contributed by atoms with Crippen molar-refractivity contribution < 1.29 is 18.7 Å². The average Bonchev–Trinajstić information content (AvgIpc) is 3.02. The summed E-state index contributed by atoms with van der Waals surface area (Å²) in [5.41, 5.74) is 3.61. The Kier molecular flexibility index (Phi) is 7.41. The lowest BCUT2D eigenvalue weighted by atomic mass is 10.1. The van der Waals surface area contributed by atoms with Gasteiger partial charge in [0.05, 0.1) is 12.2 Å². The fourth-order valence-corrected chi connectivity index (χ4v) is 3.32. The van der Waals surface area contributed by atoms with Crippen molar-refractivity contribution >= 4 is 23.5 Å². The molecule has 6 nitrogen and oxygen atoms in total. The van der Waals surface area contributed by atoms with Gasteiger partial charge in [0.15, 0.2) is 6.61 Å². The number of hydrogen-bond acceptors (Lipinski definition) is 4. The first-order valence-corrected chi connectivity index (χ1v) is 10.2. The van der Waals surface area contributed by atoms with E-state index in [1.54, 1.807) is 19.1 Å². The number of nitrogens with zero attached hydrogens (tertiary/aromatic N) is 2. The molecule has 3 aromatic rings. The maximum Gasteiger partial charge on any atom is 0.343 e. The zero-order valence-electron chi connectivity index (χ0n) is 17.3. The monoisotopic (exact) mass is 443 g/mol. The third-order valence-electron chi connectivity index (χ3n) is 4.71. The van der Waals surface area contributed by atoms with Gasteiger partial charge in [-0.15, -0.1) is 0 Å². The van der Waals surface area contributed by atoms with E-state index in [9.17, 15) is 14.0 Å². The van der Waals surface area contributed by atoms with Crippen LogP contribution in [-0.2, 0) is 22.5 Å². The van der Waals surface area contributed by atoms with Gasteiger partial charge in [-0.25, -0.2) is 13.9 Å². The second-order valence-corrected chi connectivity index (χ2v) is 7.56. The Morgan fingerprint density at radius 2 is 1.71 bits per heavy atom. The molecule has 0 unspecified atom stereocenters. The van der Waals surface area contributed by atoms with Crippen LogP contribution in [0.1, 0.15) is 32.7 Å². The van der Waals surface area contributed by atoms with Crippen molar-refractivity contribution in [3.05, 3.63) is 87.4 Å². The van der Waals surface area contributed by atoms with Gasteiger partial charge < -0.3 is 10.1 Å². The first-order chi connectivity index (χ1) is 14.8. The molecule has 0 saturated carbocycles. The van der Waals surface area contributed by atoms with Gasteiger partial charge >= 0.3 is 5.97 Å². The molecule has 0 spiro atoms. The predicted octanol–water partition coefficient (Wildman–Crippen LogP) is 3.86. The lowest BCUT2D eigenvalue weighted by Gasteiger charge is -2.07. The van der Waals surface area contributed by atoms with Gasteiger partial charge in [-0.1, -0.05) is 53.6 Å². The Morgan fingerprint density at radius 3 is 2.39 bits per heavy atom. The number of amides is 1. The van der Waals surface area contributed by atoms with Crippen LogP contribution in [0.5, 0.6) is 0 Å². The summed E-state index contributed by atoms with van der Waals surface area (Å²) in [4.78, 5) is 24.4. The molecule has 3 rings (SSSR count). The number of carbonyl (C=O) groups is 2. The van der Waals surface area contributed by atoms with Crippen LogP contribution in [0.25, 0.3) is 0 Å². The molecule has 1 heterocycles. The van der Waals surface area contributed by atoms with Crippen molar-refractivity contribution in [3.8, 4) is 0 Å². The second kappa shape index (κ2) is 10.2. The van der Waals surface area contributed by atoms with E-state index in [0.717, 1.165) is 16.7 Å². The van der Waals surface area contributed by atoms with Gasteiger partial charge in [-0.05, 0) is 43.5 Å². The minimum Gasteiger partial charge on any atom is -0.452 e. The number of benzene rings is 2. The summed E-state index contributed by atoms with van der Waals surface area (Å²) >= 11 is 6.36. The fraction of sp³-hybridized carbons (Fsp3) is 0.261. The van der Waals surface area contributed by atoms with Crippen LogP contribution in [-0.4, -0.2) is 34.8 Å². The summed E-state index contributed by atoms with van der Waals surface area (Å²) in [5, 5.41) is 7.15. The Labute approximate surface area is 185 Å². The standard InChI is InChI=1S/C23H23ClFN3O3/c1-15-3-5-18(6-4-15)13-28-22(24)21(16(2)27-28)23(30)31-14-20(29)26-12-11-17-7-9-19(25)10-8-17/h3-10H,11-14H2,1-2H3,(H,26,29). The Morgan fingerprint density at radius 1 is 1.06 bits per heavy atom. The number of carbonyl (C=O) groups excluding carboxylic acids is 2. The van der Waals surface area contributed by atoms with Crippen LogP contribution in [0, 0.1) is 19.7 Å². The van der Waals surface area contributed by atoms with Crippen molar-refractivity contribution in [3.63, 3.8) is 0 Å². The van der Waals surface area contributed by atoms with E-state index in [0.29, 0.717) is 25.2 Å². The minimum atomic E-state index is -0.702. The van der Waals surface area contributed by atoms with Crippen LogP contribution in [0.15, 0.2) is 48.5 Å². The summed E-state index contributed by atoms with van der Waals surface area (Å²) in [6.45, 7) is 3.99. The third-order valence-corrected chi connectivity index (χ3v) is 5.09. The van der Waals surface area contributed by atoms with Crippen LogP contribution in [0.4, 0.5) is 4.39 Å². The van der Waals surface area contributed by atoms with Gasteiger partial charge in [0.2, 0.25) is 0 Å². The summed E-state index contributed by atoms with van der Waals surface area (Å²) in [5.74, 6) is -1.45. The van der Waals surface area contributed by atoms with E-state index < -0.39 is 18.5 Å². The van der Waals surface area contributed by atoms with E-state index in [2.05, 4.69) is 10.4 Å². The molecule has 1 N–H and O–H groups in total. The van der Waals surface area contributed by atoms with E-state index in [1.165, 1.54) is 16.8 Å². The van der Waals surface area contributed by atoms with Crippen LogP contribution < -0.4 is 5.32 Å². The molecular formula is C23H23ClFN3O3. The molecular weight excluding hydrogens is 421 g/mol. The first-order valence-electron chi connectivity index (χ1n) is 9.80. The first kappa shape index (κ1) is 22.5. The number of nitrogens with one attached hydrogen (secondary N) is 1. The molecule has 0 saturated heterocycles. The Bertz CT molecular complexity index is 1060. The number of aromatic nitrogens is 2. The largest absolute Gasteiger partial charge is 0.452 e. The van der Waals surface area contributed by atoms with Crippen molar-refractivity contribution in [2.24, 2.45) is 0 Å². The Hall–Kier alpha value is -3.19. The van der Waals surface area contributed by atoms with E-state index in [4.69, 9.17) is 16.3 Å². The van der Waals surface area contributed by atoms with E-state index >= 15 is 0 Å².